The van der Waals surface area contributed by atoms with Gasteiger partial charge in [-0.2, -0.15) is 0 Å². The minimum Gasteiger partial charge on any atom is -0.395 e. The summed E-state index contributed by atoms with van der Waals surface area (Å²) in [6, 6.07) is 4.17. The lowest BCUT2D eigenvalue weighted by atomic mass is 10.1. The predicted octanol–water partition coefficient (Wildman–Crippen LogP) is -0.472. The number of nitrogens with zero attached hydrogens (tertiary/aromatic N) is 1. The van der Waals surface area contributed by atoms with Crippen molar-refractivity contribution in [3.8, 4) is 0 Å². The quantitative estimate of drug-likeness (QED) is 0.430. The van der Waals surface area contributed by atoms with E-state index in [0.29, 0.717) is 15.6 Å². The number of halogens is 2. The van der Waals surface area contributed by atoms with E-state index < -0.39 is 42.9 Å². The number of ether oxygens (including phenoxy) is 2. The molecule has 3 rings (SSSR count). The molecule has 0 spiro atoms. The second-order valence-electron chi connectivity index (χ2n) is 6.84. The Morgan fingerprint density at radius 3 is 2.56 bits per heavy atom. The average molecular weight is 424 g/mol. The number of likely N-dealkylation sites (tertiary alicyclic amines) is 1. The summed E-state index contributed by atoms with van der Waals surface area (Å²) >= 11 is 11.9. The number of hydrogen-bond donors (Lipinski definition) is 5. The largest absolute Gasteiger partial charge is 0.395 e. The van der Waals surface area contributed by atoms with Gasteiger partial charge in [-0.3, -0.25) is 4.90 Å². The van der Waals surface area contributed by atoms with Gasteiger partial charge in [-0.25, -0.2) is 0 Å². The molecule has 1 unspecified atom stereocenters. The van der Waals surface area contributed by atoms with Gasteiger partial charge in [-0.1, -0.05) is 29.3 Å². The Bertz CT molecular complexity index is 652. The Hall–Kier alpha value is -0.520. The van der Waals surface area contributed by atoms with Crippen molar-refractivity contribution in [3.05, 3.63) is 33.8 Å². The smallest absolute Gasteiger partial charge is 0.184 e. The number of hydrogen-bond acceptors (Lipinski definition) is 8. The minimum absolute atomic E-state index is 0.00479. The summed E-state index contributed by atoms with van der Waals surface area (Å²) in [6.45, 7) is -0.330. The van der Waals surface area contributed by atoms with Gasteiger partial charge in [0, 0.05) is 18.7 Å². The number of aliphatic hydroxyl groups is 5. The fraction of sp³-hybridized carbons (Fsp3) is 0.647. The lowest BCUT2D eigenvalue weighted by Gasteiger charge is -2.38. The molecule has 0 saturated carbocycles. The van der Waals surface area contributed by atoms with Crippen molar-refractivity contribution in [2.24, 2.45) is 0 Å². The molecule has 2 saturated heterocycles. The van der Waals surface area contributed by atoms with Gasteiger partial charge in [0.15, 0.2) is 6.29 Å². The zero-order chi connectivity index (χ0) is 19.7. The summed E-state index contributed by atoms with van der Waals surface area (Å²) < 4.78 is 11.2. The first kappa shape index (κ1) is 21.2. The first-order chi connectivity index (χ1) is 12.8. The molecule has 27 heavy (non-hydrogen) atoms. The van der Waals surface area contributed by atoms with E-state index in [2.05, 4.69) is 0 Å². The number of benzene rings is 1. The highest BCUT2D eigenvalue weighted by Gasteiger charge is 2.43. The van der Waals surface area contributed by atoms with Crippen LogP contribution in [0.2, 0.25) is 10.0 Å². The molecule has 0 bridgehead atoms. The fourth-order valence-corrected chi connectivity index (χ4v) is 3.77. The van der Waals surface area contributed by atoms with Crippen molar-refractivity contribution in [3.63, 3.8) is 0 Å². The molecule has 10 heteroatoms. The van der Waals surface area contributed by atoms with Gasteiger partial charge in [0.05, 0.1) is 47.6 Å². The lowest BCUT2D eigenvalue weighted by molar-refractivity contribution is -0.276. The summed E-state index contributed by atoms with van der Waals surface area (Å²) in [5, 5.41) is 50.6. The maximum Gasteiger partial charge on any atom is 0.184 e. The first-order valence-electron chi connectivity index (χ1n) is 8.61. The van der Waals surface area contributed by atoms with E-state index in [9.17, 15) is 25.5 Å². The molecule has 152 valence electrons. The van der Waals surface area contributed by atoms with Gasteiger partial charge in [0.2, 0.25) is 0 Å². The molecule has 2 heterocycles. The standard InChI is InChI=1S/C17H23Cl2NO7/c18-9-2-1-8(3-10(9)19)17-26-7-14(24)16(27-17)13(23)5-20-4-12(22)15(25)11(20)6-21/h1-3,11-17,21-25H,4-7H2/t11-,12-,13-,14-,15-,16-,17?/m1/s1. The highest BCUT2D eigenvalue weighted by atomic mass is 35.5. The number of aliphatic hydroxyl groups excluding tert-OH is 5. The van der Waals surface area contributed by atoms with Gasteiger partial charge in [-0.15, -0.1) is 0 Å². The predicted molar refractivity (Wildman–Crippen MR) is 96.5 cm³/mol. The molecule has 8 nitrogen and oxygen atoms in total. The van der Waals surface area contributed by atoms with E-state index in [4.69, 9.17) is 32.7 Å². The minimum atomic E-state index is -1.14. The molecule has 5 N–H and O–H groups in total. The lowest BCUT2D eigenvalue weighted by Crippen LogP contribution is -2.52. The van der Waals surface area contributed by atoms with Crippen molar-refractivity contribution in [1.82, 2.24) is 4.90 Å². The Labute approximate surface area is 166 Å². The molecule has 1 aromatic carbocycles. The van der Waals surface area contributed by atoms with Crippen LogP contribution in [0.5, 0.6) is 0 Å². The van der Waals surface area contributed by atoms with Gasteiger partial charge in [0.1, 0.15) is 12.2 Å². The molecule has 1 aromatic rings. The van der Waals surface area contributed by atoms with Gasteiger partial charge < -0.3 is 35.0 Å². The third-order valence-electron chi connectivity index (χ3n) is 4.96. The molecule has 0 radical (unpaired) electrons. The molecule has 2 aliphatic heterocycles. The van der Waals surface area contributed by atoms with E-state index >= 15 is 0 Å². The maximum atomic E-state index is 10.6. The molecule has 7 atom stereocenters. The molecule has 2 aliphatic rings. The molecular formula is C17H23Cl2NO7. The normalized spacial score (nSPS) is 36.1. The fourth-order valence-electron chi connectivity index (χ4n) is 3.47. The highest BCUT2D eigenvalue weighted by Crippen LogP contribution is 2.32. The third kappa shape index (κ3) is 4.56. The summed E-state index contributed by atoms with van der Waals surface area (Å²) in [5.41, 5.74) is 0.591. The summed E-state index contributed by atoms with van der Waals surface area (Å²) in [4.78, 5) is 1.57. The Kier molecular flexibility index (Phi) is 6.97. The topological polar surface area (TPSA) is 123 Å². The van der Waals surface area contributed by atoms with Crippen LogP contribution in [0.15, 0.2) is 18.2 Å². The number of β-amino-alcohol motifs (C(OH)–C–C–N with tert-alkyl or cyclic N) is 2. The SMILES string of the molecule is OC[C@@H]1[C@@H](O)[C@H](O)CN1C[C@@H](O)[C@H]1OC(c2ccc(Cl)c(Cl)c2)OC[C@H]1O. The second kappa shape index (κ2) is 8.87. The Morgan fingerprint density at radius 1 is 1.15 bits per heavy atom. The Balaban J connectivity index is 1.68. The second-order valence-corrected chi connectivity index (χ2v) is 7.65. The van der Waals surface area contributed by atoms with Crippen molar-refractivity contribution >= 4 is 23.2 Å². The zero-order valence-electron chi connectivity index (χ0n) is 14.4. The van der Waals surface area contributed by atoms with Crippen molar-refractivity contribution < 1.29 is 35.0 Å². The van der Waals surface area contributed by atoms with Gasteiger partial charge >= 0.3 is 0 Å². The summed E-state index contributed by atoms with van der Waals surface area (Å²) in [6.07, 6.45) is -6.13. The van der Waals surface area contributed by atoms with E-state index in [1.54, 1.807) is 23.1 Å². The van der Waals surface area contributed by atoms with Crippen LogP contribution in [0.4, 0.5) is 0 Å². The van der Waals surface area contributed by atoms with Crippen LogP contribution in [-0.4, -0.2) is 93.3 Å². The van der Waals surface area contributed by atoms with Crippen LogP contribution in [0.3, 0.4) is 0 Å². The summed E-state index contributed by atoms with van der Waals surface area (Å²) in [7, 11) is 0. The van der Waals surface area contributed by atoms with Crippen LogP contribution >= 0.6 is 23.2 Å². The molecule has 0 amide bonds. The molecule has 2 fully saturated rings. The van der Waals surface area contributed by atoms with Crippen molar-refractivity contribution in [2.75, 3.05) is 26.3 Å². The average Bonchev–Trinajstić information content (AvgIpc) is 2.90. The van der Waals surface area contributed by atoms with Crippen LogP contribution in [0, 0.1) is 0 Å². The van der Waals surface area contributed by atoms with E-state index in [1.165, 1.54) is 0 Å². The first-order valence-corrected chi connectivity index (χ1v) is 9.36. The number of rotatable bonds is 5. The molecular weight excluding hydrogens is 401 g/mol. The van der Waals surface area contributed by atoms with Crippen molar-refractivity contribution in [2.45, 2.75) is 42.9 Å². The highest BCUT2D eigenvalue weighted by molar-refractivity contribution is 6.42. The summed E-state index contributed by atoms with van der Waals surface area (Å²) in [5.74, 6) is 0. The molecule has 0 aliphatic carbocycles. The van der Waals surface area contributed by atoms with E-state index in [-0.39, 0.29) is 26.3 Å². The van der Waals surface area contributed by atoms with E-state index in [0.717, 1.165) is 0 Å². The maximum absolute atomic E-state index is 10.6. The van der Waals surface area contributed by atoms with Gasteiger partial charge in [0.25, 0.3) is 0 Å². The van der Waals surface area contributed by atoms with Crippen LogP contribution in [0.25, 0.3) is 0 Å². The van der Waals surface area contributed by atoms with Crippen LogP contribution < -0.4 is 0 Å². The van der Waals surface area contributed by atoms with E-state index in [1.807, 2.05) is 0 Å². The van der Waals surface area contributed by atoms with Gasteiger partial charge in [-0.05, 0) is 12.1 Å². The monoisotopic (exact) mass is 423 g/mol. The molecule has 0 aromatic heterocycles. The Morgan fingerprint density at radius 2 is 1.89 bits per heavy atom. The van der Waals surface area contributed by atoms with Crippen LogP contribution in [-0.2, 0) is 9.47 Å². The zero-order valence-corrected chi connectivity index (χ0v) is 15.9. The van der Waals surface area contributed by atoms with Crippen molar-refractivity contribution in [1.29, 1.82) is 0 Å². The van der Waals surface area contributed by atoms with Crippen LogP contribution in [0.1, 0.15) is 11.9 Å². The third-order valence-corrected chi connectivity index (χ3v) is 5.70.